The van der Waals surface area contributed by atoms with E-state index in [0.717, 1.165) is 23.1 Å². The predicted octanol–water partition coefficient (Wildman–Crippen LogP) is 2.81. The summed E-state index contributed by atoms with van der Waals surface area (Å²) < 4.78 is 0.904. The van der Waals surface area contributed by atoms with Crippen LogP contribution < -0.4 is 9.80 Å². The molecule has 2 saturated heterocycles. The molecular weight excluding hydrogens is 446 g/mol. The Kier molecular flexibility index (Phi) is 6.00. The largest absolute Gasteiger partial charge is 0.354 e. The summed E-state index contributed by atoms with van der Waals surface area (Å²) in [5, 5.41) is 9.34. The first-order valence-electron chi connectivity index (χ1n) is 10.0. The number of anilines is 2. The zero-order valence-electron chi connectivity index (χ0n) is 16.5. The molecule has 2 aromatic rings. The number of nitriles is 1. The minimum absolute atomic E-state index is 0.0964. The lowest BCUT2D eigenvalue weighted by molar-refractivity contribution is -0.139. The Labute approximate surface area is 184 Å². The Balaban J connectivity index is 1.43. The molecule has 1 aromatic heterocycles. The maximum atomic E-state index is 13.2. The highest BCUT2D eigenvalue weighted by atomic mass is 79.9. The molecular formula is C22H22BrN5O2. The zero-order valence-corrected chi connectivity index (χ0v) is 18.1. The summed E-state index contributed by atoms with van der Waals surface area (Å²) in [5.41, 5.74) is 1.35. The summed E-state index contributed by atoms with van der Waals surface area (Å²) >= 11 is 3.44. The van der Waals surface area contributed by atoms with Crippen molar-refractivity contribution in [3.8, 4) is 6.07 Å². The smallest absolute Gasteiger partial charge is 0.239 e. The van der Waals surface area contributed by atoms with Crippen LogP contribution in [-0.2, 0) is 9.59 Å². The lowest BCUT2D eigenvalue weighted by atomic mass is 10.1. The highest BCUT2D eigenvalue weighted by Crippen LogP contribution is 2.29. The van der Waals surface area contributed by atoms with Crippen molar-refractivity contribution in [3.63, 3.8) is 0 Å². The van der Waals surface area contributed by atoms with Crippen LogP contribution in [0.4, 0.5) is 11.5 Å². The van der Waals surface area contributed by atoms with Crippen LogP contribution in [0.5, 0.6) is 0 Å². The van der Waals surface area contributed by atoms with E-state index in [2.05, 4.69) is 31.9 Å². The standard InChI is InChI=1S/C22H22BrN5O2/c23-17-5-1-6-18(14-17)28-11-7-19(22(28)30)21(29)27-10-3-9-26(12-13-27)20-16(15-24)4-2-8-25-20/h1-2,4-6,8,14,19H,3,7,9-13H2. The van der Waals surface area contributed by atoms with Crippen molar-refractivity contribution in [1.29, 1.82) is 5.26 Å². The van der Waals surface area contributed by atoms with E-state index in [1.165, 1.54) is 0 Å². The van der Waals surface area contributed by atoms with Gasteiger partial charge in [-0.05, 0) is 43.2 Å². The molecule has 8 heteroatoms. The predicted molar refractivity (Wildman–Crippen MR) is 117 cm³/mol. The van der Waals surface area contributed by atoms with Gasteiger partial charge in [-0.1, -0.05) is 22.0 Å². The number of benzene rings is 1. The van der Waals surface area contributed by atoms with Gasteiger partial charge in [-0.15, -0.1) is 0 Å². The van der Waals surface area contributed by atoms with E-state index in [1.54, 1.807) is 28.1 Å². The van der Waals surface area contributed by atoms with Crippen molar-refractivity contribution in [2.75, 3.05) is 42.5 Å². The molecule has 7 nitrogen and oxygen atoms in total. The Morgan fingerprint density at radius 2 is 2.00 bits per heavy atom. The van der Waals surface area contributed by atoms with Gasteiger partial charge in [-0.25, -0.2) is 4.98 Å². The molecule has 2 aliphatic rings. The van der Waals surface area contributed by atoms with Gasteiger partial charge < -0.3 is 14.7 Å². The highest BCUT2D eigenvalue weighted by molar-refractivity contribution is 9.10. The van der Waals surface area contributed by atoms with Crippen LogP contribution in [0, 0.1) is 17.2 Å². The van der Waals surface area contributed by atoms with Crippen LogP contribution in [-0.4, -0.2) is 54.4 Å². The summed E-state index contributed by atoms with van der Waals surface area (Å²) in [5.74, 6) is -0.191. The minimum Gasteiger partial charge on any atom is -0.354 e. The first-order valence-corrected chi connectivity index (χ1v) is 10.8. The number of carbonyl (C=O) groups is 2. The Morgan fingerprint density at radius 3 is 2.80 bits per heavy atom. The molecule has 0 saturated carbocycles. The van der Waals surface area contributed by atoms with Gasteiger partial charge in [-0.2, -0.15) is 5.26 Å². The molecule has 0 bridgehead atoms. The Morgan fingerprint density at radius 1 is 1.13 bits per heavy atom. The van der Waals surface area contributed by atoms with E-state index in [9.17, 15) is 14.9 Å². The maximum Gasteiger partial charge on any atom is 0.239 e. The third-order valence-electron chi connectivity index (χ3n) is 5.64. The molecule has 3 heterocycles. The lowest BCUT2D eigenvalue weighted by Gasteiger charge is -2.25. The van der Waals surface area contributed by atoms with E-state index < -0.39 is 5.92 Å². The number of halogens is 1. The van der Waals surface area contributed by atoms with Crippen LogP contribution in [0.1, 0.15) is 18.4 Å². The first kappa shape index (κ1) is 20.4. The molecule has 0 spiro atoms. The minimum atomic E-state index is -0.625. The van der Waals surface area contributed by atoms with E-state index in [1.807, 2.05) is 24.3 Å². The number of hydrogen-bond acceptors (Lipinski definition) is 5. The number of pyridine rings is 1. The van der Waals surface area contributed by atoms with Crippen molar-refractivity contribution in [2.45, 2.75) is 12.8 Å². The molecule has 2 amide bonds. The number of rotatable bonds is 3. The summed E-state index contributed by atoms with van der Waals surface area (Å²) in [6.07, 6.45) is 2.98. The SMILES string of the molecule is N#Cc1cccnc1N1CCCN(C(=O)C2CCN(c3cccc(Br)c3)C2=O)CC1. The van der Waals surface area contributed by atoms with Crippen molar-refractivity contribution in [2.24, 2.45) is 5.92 Å². The summed E-state index contributed by atoms with van der Waals surface area (Å²) in [6.45, 7) is 2.97. The number of aromatic nitrogens is 1. The number of hydrogen-bond donors (Lipinski definition) is 0. The molecule has 0 aliphatic carbocycles. The van der Waals surface area contributed by atoms with Gasteiger partial charge in [0.25, 0.3) is 0 Å². The number of carbonyl (C=O) groups excluding carboxylic acids is 2. The fourth-order valence-electron chi connectivity index (χ4n) is 4.12. The van der Waals surface area contributed by atoms with Gasteiger partial charge in [0, 0.05) is 49.1 Å². The molecule has 2 aliphatic heterocycles. The van der Waals surface area contributed by atoms with E-state index >= 15 is 0 Å². The Hall–Kier alpha value is -2.92. The molecule has 1 unspecified atom stereocenters. The highest BCUT2D eigenvalue weighted by Gasteiger charge is 2.40. The van der Waals surface area contributed by atoms with Gasteiger partial charge >= 0.3 is 0 Å². The molecule has 2 fully saturated rings. The molecule has 0 N–H and O–H groups in total. The second-order valence-corrected chi connectivity index (χ2v) is 8.38. The summed E-state index contributed by atoms with van der Waals surface area (Å²) in [6, 6.07) is 13.3. The van der Waals surface area contributed by atoms with E-state index in [0.29, 0.717) is 44.0 Å². The molecule has 0 radical (unpaired) electrons. The van der Waals surface area contributed by atoms with Crippen LogP contribution in [0.2, 0.25) is 0 Å². The Bertz CT molecular complexity index is 1010. The van der Waals surface area contributed by atoms with Crippen LogP contribution >= 0.6 is 15.9 Å². The van der Waals surface area contributed by atoms with Crippen LogP contribution in [0.15, 0.2) is 47.1 Å². The summed E-state index contributed by atoms with van der Waals surface area (Å²) in [7, 11) is 0. The van der Waals surface area contributed by atoms with Crippen molar-refractivity contribution in [3.05, 3.63) is 52.6 Å². The average molecular weight is 468 g/mol. The molecule has 1 atom stereocenters. The lowest BCUT2D eigenvalue weighted by Crippen LogP contribution is -2.42. The fraction of sp³-hybridized carbons (Fsp3) is 0.364. The van der Waals surface area contributed by atoms with Gasteiger partial charge in [-0.3, -0.25) is 9.59 Å². The maximum absolute atomic E-state index is 13.2. The monoisotopic (exact) mass is 467 g/mol. The molecule has 4 rings (SSSR count). The van der Waals surface area contributed by atoms with Gasteiger partial charge in [0.05, 0.1) is 5.56 Å². The van der Waals surface area contributed by atoms with Gasteiger partial charge in [0.2, 0.25) is 11.8 Å². The van der Waals surface area contributed by atoms with E-state index in [-0.39, 0.29) is 11.8 Å². The zero-order chi connectivity index (χ0) is 21.1. The summed E-state index contributed by atoms with van der Waals surface area (Å²) in [4.78, 5) is 36.0. The first-order chi connectivity index (χ1) is 14.6. The normalized spacial score (nSPS) is 19.5. The molecule has 1 aromatic carbocycles. The van der Waals surface area contributed by atoms with Gasteiger partial charge in [0.15, 0.2) is 0 Å². The van der Waals surface area contributed by atoms with Crippen LogP contribution in [0.3, 0.4) is 0 Å². The topological polar surface area (TPSA) is 80.5 Å². The fourth-order valence-corrected chi connectivity index (χ4v) is 4.50. The number of nitrogens with zero attached hydrogens (tertiary/aromatic N) is 5. The second kappa shape index (κ2) is 8.84. The quantitative estimate of drug-likeness (QED) is 0.648. The van der Waals surface area contributed by atoms with E-state index in [4.69, 9.17) is 0 Å². The molecule has 30 heavy (non-hydrogen) atoms. The number of amides is 2. The van der Waals surface area contributed by atoms with Crippen LogP contribution in [0.25, 0.3) is 0 Å². The van der Waals surface area contributed by atoms with Gasteiger partial charge in [0.1, 0.15) is 17.8 Å². The average Bonchev–Trinajstić information content (AvgIpc) is 2.98. The third-order valence-corrected chi connectivity index (χ3v) is 6.13. The molecule has 154 valence electrons. The van der Waals surface area contributed by atoms with Crippen molar-refractivity contribution < 1.29 is 9.59 Å². The van der Waals surface area contributed by atoms with Crippen molar-refractivity contribution in [1.82, 2.24) is 9.88 Å². The van der Waals surface area contributed by atoms with Crippen molar-refractivity contribution >= 4 is 39.2 Å². The second-order valence-electron chi connectivity index (χ2n) is 7.46. The third kappa shape index (κ3) is 4.03.